The summed E-state index contributed by atoms with van der Waals surface area (Å²) >= 11 is 0. The summed E-state index contributed by atoms with van der Waals surface area (Å²) in [6.07, 6.45) is 16.8. The molecular weight excluding hydrogens is 450 g/mol. The third kappa shape index (κ3) is 3.38. The lowest BCUT2D eigenvalue weighted by molar-refractivity contribution is -0.204. The van der Waals surface area contributed by atoms with Gasteiger partial charge in [-0.25, -0.2) is 0 Å². The van der Waals surface area contributed by atoms with Gasteiger partial charge in [-0.3, -0.25) is 4.79 Å². The van der Waals surface area contributed by atoms with Crippen molar-refractivity contribution in [3.05, 3.63) is 22.9 Å². The first-order valence-electron chi connectivity index (χ1n) is 15.9. The molecule has 0 N–H and O–H groups in total. The number of carbonyl (C=O) groups excluding carboxylic acids is 1. The normalized spacial score (nSPS) is 47.4. The molecule has 4 fully saturated rings. The monoisotopic (exact) mass is 507 g/mol. The molecule has 0 radical (unpaired) electrons. The Morgan fingerprint density at radius 1 is 0.892 bits per heavy atom. The molecule has 0 saturated heterocycles. The fraction of sp³-hybridized carbons (Fsp3) is 0.857. The molecule has 5 aliphatic carbocycles. The predicted molar refractivity (Wildman–Crippen MR) is 156 cm³/mol. The minimum absolute atomic E-state index is 0.0654. The summed E-state index contributed by atoms with van der Waals surface area (Å²) in [5.74, 6) is 3.21. The molecule has 0 heterocycles. The van der Waals surface area contributed by atoms with Gasteiger partial charge in [0, 0.05) is 31.3 Å². The van der Waals surface area contributed by atoms with Crippen LogP contribution >= 0.6 is 0 Å². The summed E-state index contributed by atoms with van der Waals surface area (Å²) in [5, 5.41) is 0. The fourth-order valence-electron chi connectivity index (χ4n) is 12.0. The van der Waals surface area contributed by atoms with Gasteiger partial charge < -0.3 is 4.90 Å². The molecule has 0 aliphatic heterocycles. The van der Waals surface area contributed by atoms with Crippen molar-refractivity contribution in [3.63, 3.8) is 0 Å². The molecule has 208 valence electrons. The second kappa shape index (κ2) is 8.72. The molecule has 8 atom stereocenters. The van der Waals surface area contributed by atoms with Crippen LogP contribution in [0.25, 0.3) is 0 Å². The molecule has 5 rings (SSSR count). The molecule has 0 aromatic heterocycles. The SMILES string of the molecule is CCC1CCC2(C)C3CCC4C5=C(C(C)C)CCC5(/C(=C/C(C)=O)N(C)C)CC[C@@]4(C)C3(C)CCC12C. The standard InChI is InChI=1S/C35H57NO/c1-11-25-14-16-33(7)28-13-12-27-30-26(23(2)3)15-17-35(30,29(36(9)10)22-24(4)37)21-20-32(27,6)34(28,8)19-18-31(25,33)5/h22-23,25,27-28H,11-21H2,1-10H3/b29-22-/t25?,27?,28?,31?,32-,33?,34?,35?/m1/s1. The van der Waals surface area contributed by atoms with Crippen molar-refractivity contribution >= 4 is 5.78 Å². The van der Waals surface area contributed by atoms with Crippen molar-refractivity contribution in [3.8, 4) is 0 Å². The van der Waals surface area contributed by atoms with Crippen LogP contribution in [-0.4, -0.2) is 24.8 Å². The quantitative estimate of drug-likeness (QED) is 0.273. The van der Waals surface area contributed by atoms with Crippen LogP contribution in [-0.2, 0) is 4.79 Å². The minimum atomic E-state index is 0.0654. The zero-order valence-electron chi connectivity index (χ0n) is 26.0. The van der Waals surface area contributed by atoms with Gasteiger partial charge in [-0.05, 0) is 116 Å². The number of hydrogen-bond acceptors (Lipinski definition) is 2. The summed E-state index contributed by atoms with van der Waals surface area (Å²) in [6, 6.07) is 0. The van der Waals surface area contributed by atoms with Crippen molar-refractivity contribution in [2.24, 2.45) is 50.7 Å². The van der Waals surface area contributed by atoms with Gasteiger partial charge >= 0.3 is 0 Å². The summed E-state index contributed by atoms with van der Waals surface area (Å²) in [7, 11) is 4.35. The molecular formula is C35H57NO. The minimum Gasteiger partial charge on any atom is -0.380 e. The Morgan fingerprint density at radius 2 is 1.51 bits per heavy atom. The Morgan fingerprint density at radius 3 is 2.11 bits per heavy atom. The highest BCUT2D eigenvalue weighted by Gasteiger charge is 2.71. The van der Waals surface area contributed by atoms with Crippen LogP contribution in [0.1, 0.15) is 126 Å². The van der Waals surface area contributed by atoms with Gasteiger partial charge in [0.2, 0.25) is 0 Å². The Balaban J connectivity index is 1.63. The van der Waals surface area contributed by atoms with Gasteiger partial charge in [0.15, 0.2) is 5.78 Å². The van der Waals surface area contributed by atoms with Crippen molar-refractivity contribution in [2.75, 3.05) is 14.1 Å². The van der Waals surface area contributed by atoms with Crippen molar-refractivity contribution in [1.82, 2.24) is 4.90 Å². The Hall–Kier alpha value is -1.05. The lowest BCUT2D eigenvalue weighted by Crippen LogP contribution is -2.64. The Bertz CT molecular complexity index is 1020. The summed E-state index contributed by atoms with van der Waals surface area (Å²) < 4.78 is 0. The maximum absolute atomic E-state index is 12.5. The maximum atomic E-state index is 12.5. The van der Waals surface area contributed by atoms with E-state index >= 15 is 0 Å². The van der Waals surface area contributed by atoms with Crippen molar-refractivity contribution < 1.29 is 4.79 Å². The van der Waals surface area contributed by atoms with E-state index in [9.17, 15) is 4.79 Å². The van der Waals surface area contributed by atoms with E-state index in [0.717, 1.165) is 11.8 Å². The molecule has 5 aliphatic rings. The first-order chi connectivity index (χ1) is 17.2. The number of rotatable bonds is 5. The highest BCUT2D eigenvalue weighted by atomic mass is 16.1. The van der Waals surface area contributed by atoms with Crippen LogP contribution in [0.2, 0.25) is 0 Å². The lowest BCUT2D eigenvalue weighted by Gasteiger charge is -2.71. The third-order valence-electron chi connectivity index (χ3n) is 14.3. The molecule has 0 bridgehead atoms. The molecule has 0 aromatic carbocycles. The number of allylic oxidation sites excluding steroid dienone is 3. The molecule has 0 aromatic rings. The van der Waals surface area contributed by atoms with Crippen molar-refractivity contribution in [2.45, 2.75) is 126 Å². The largest absolute Gasteiger partial charge is 0.380 e. The summed E-state index contributed by atoms with van der Waals surface area (Å²) in [4.78, 5) is 14.8. The van der Waals surface area contributed by atoms with Gasteiger partial charge in [0.25, 0.3) is 0 Å². The van der Waals surface area contributed by atoms with E-state index in [0.29, 0.717) is 33.5 Å². The smallest absolute Gasteiger partial charge is 0.154 e. The van der Waals surface area contributed by atoms with Gasteiger partial charge in [-0.2, -0.15) is 0 Å². The molecule has 37 heavy (non-hydrogen) atoms. The highest BCUT2D eigenvalue weighted by molar-refractivity contribution is 5.88. The average Bonchev–Trinajstić information content (AvgIpc) is 3.34. The van der Waals surface area contributed by atoms with Crippen LogP contribution < -0.4 is 0 Å². The van der Waals surface area contributed by atoms with Gasteiger partial charge in [0.1, 0.15) is 0 Å². The summed E-state index contributed by atoms with van der Waals surface area (Å²) in [6.45, 7) is 20.0. The number of nitrogens with zero attached hydrogens (tertiary/aromatic N) is 1. The average molecular weight is 508 g/mol. The van der Waals surface area contributed by atoms with E-state index in [1.54, 1.807) is 18.1 Å². The number of ketones is 1. The van der Waals surface area contributed by atoms with E-state index in [1.165, 1.54) is 76.3 Å². The van der Waals surface area contributed by atoms with Gasteiger partial charge in [-0.1, -0.05) is 66.0 Å². The first-order valence-corrected chi connectivity index (χ1v) is 15.9. The van der Waals surface area contributed by atoms with E-state index in [4.69, 9.17) is 0 Å². The van der Waals surface area contributed by atoms with Crippen molar-refractivity contribution in [1.29, 1.82) is 0 Å². The molecule has 7 unspecified atom stereocenters. The predicted octanol–water partition coefficient (Wildman–Crippen LogP) is 9.21. The van der Waals surface area contributed by atoms with Crippen LogP contribution in [0.5, 0.6) is 0 Å². The zero-order chi connectivity index (χ0) is 27.2. The van der Waals surface area contributed by atoms with Crippen LogP contribution in [0.4, 0.5) is 0 Å². The lowest BCUT2D eigenvalue weighted by atomic mass is 9.33. The third-order valence-corrected chi connectivity index (χ3v) is 14.3. The first kappa shape index (κ1) is 27.5. The van der Waals surface area contributed by atoms with Crippen LogP contribution in [0.3, 0.4) is 0 Å². The molecule has 0 spiro atoms. The Kier molecular flexibility index (Phi) is 6.49. The van der Waals surface area contributed by atoms with Crippen LogP contribution in [0.15, 0.2) is 22.9 Å². The van der Waals surface area contributed by atoms with Gasteiger partial charge in [0.05, 0.1) is 0 Å². The number of hydrogen-bond donors (Lipinski definition) is 0. The van der Waals surface area contributed by atoms with E-state index in [2.05, 4.69) is 67.5 Å². The highest BCUT2D eigenvalue weighted by Crippen LogP contribution is 2.79. The van der Waals surface area contributed by atoms with E-state index in [-0.39, 0.29) is 11.2 Å². The van der Waals surface area contributed by atoms with E-state index < -0.39 is 0 Å². The second-order valence-corrected chi connectivity index (χ2v) is 15.7. The molecule has 0 amide bonds. The molecule has 4 saturated carbocycles. The Labute approximate surface area is 229 Å². The van der Waals surface area contributed by atoms with E-state index in [1.807, 2.05) is 6.08 Å². The fourth-order valence-corrected chi connectivity index (χ4v) is 12.0. The summed E-state index contributed by atoms with van der Waals surface area (Å²) in [5.41, 5.74) is 6.66. The molecule has 2 heteroatoms. The second-order valence-electron chi connectivity index (χ2n) is 15.7. The molecule has 2 nitrogen and oxygen atoms in total. The maximum Gasteiger partial charge on any atom is 0.154 e. The van der Waals surface area contributed by atoms with Gasteiger partial charge in [-0.15, -0.1) is 0 Å². The zero-order valence-corrected chi connectivity index (χ0v) is 26.0. The van der Waals surface area contributed by atoms with Crippen LogP contribution in [0, 0.1) is 50.7 Å². The number of carbonyl (C=O) groups is 1. The number of fused-ring (bicyclic) bond motifs is 7. The topological polar surface area (TPSA) is 20.3 Å².